The van der Waals surface area contributed by atoms with Crippen LogP contribution in [0.3, 0.4) is 0 Å². The third kappa shape index (κ3) is 5.87. The second kappa shape index (κ2) is 10.4. The molecule has 1 atom stereocenters. The molecule has 7 nitrogen and oxygen atoms in total. The highest BCUT2D eigenvalue weighted by molar-refractivity contribution is 5.99. The Labute approximate surface area is 157 Å². The van der Waals surface area contributed by atoms with Crippen molar-refractivity contribution in [3.63, 3.8) is 0 Å². The molecule has 0 aromatic heterocycles. The smallest absolute Gasteiger partial charge is 0.284 e. The SMILES string of the molecule is CCOC(=N)N1CCCC(N2CCC(/C(C#N)=N/OC(C)C)CC2)CC1. The van der Waals surface area contributed by atoms with E-state index in [0.717, 1.165) is 58.3 Å². The fraction of sp³-hybridized carbons (Fsp3) is 0.842. The Hall–Kier alpha value is -1.81. The van der Waals surface area contributed by atoms with Crippen molar-refractivity contribution in [2.45, 2.75) is 65.0 Å². The van der Waals surface area contributed by atoms with Crippen molar-refractivity contribution in [2.24, 2.45) is 11.1 Å². The lowest BCUT2D eigenvalue weighted by Gasteiger charge is -2.36. The molecule has 2 heterocycles. The summed E-state index contributed by atoms with van der Waals surface area (Å²) in [5.74, 6) is 0.211. The van der Waals surface area contributed by atoms with Crippen molar-refractivity contribution in [3.8, 4) is 6.07 Å². The van der Waals surface area contributed by atoms with Gasteiger partial charge >= 0.3 is 0 Å². The van der Waals surface area contributed by atoms with E-state index in [1.165, 1.54) is 0 Å². The van der Waals surface area contributed by atoms with Gasteiger partial charge in [0.1, 0.15) is 12.2 Å². The maximum atomic E-state index is 9.36. The van der Waals surface area contributed by atoms with Gasteiger partial charge in [0.25, 0.3) is 6.02 Å². The van der Waals surface area contributed by atoms with Gasteiger partial charge in [0, 0.05) is 25.0 Å². The van der Waals surface area contributed by atoms with Crippen LogP contribution >= 0.6 is 0 Å². The van der Waals surface area contributed by atoms with Gasteiger partial charge in [-0.3, -0.25) is 5.41 Å². The van der Waals surface area contributed by atoms with Gasteiger partial charge in [-0.1, -0.05) is 5.16 Å². The number of nitrogens with one attached hydrogen (secondary N) is 1. The molecule has 0 amide bonds. The van der Waals surface area contributed by atoms with E-state index in [9.17, 15) is 5.26 Å². The predicted molar refractivity (Wildman–Crippen MR) is 102 cm³/mol. The van der Waals surface area contributed by atoms with Gasteiger partial charge in [0.2, 0.25) is 0 Å². The normalized spacial score (nSPS) is 23.4. The van der Waals surface area contributed by atoms with Crippen LogP contribution in [0.5, 0.6) is 0 Å². The monoisotopic (exact) mass is 363 g/mol. The molecule has 2 saturated heterocycles. The van der Waals surface area contributed by atoms with E-state index in [0.29, 0.717) is 24.4 Å². The van der Waals surface area contributed by atoms with Crippen LogP contribution in [0.15, 0.2) is 5.16 Å². The maximum Gasteiger partial charge on any atom is 0.284 e. The molecule has 2 aliphatic rings. The molecule has 0 aromatic rings. The summed E-state index contributed by atoms with van der Waals surface area (Å²) >= 11 is 0. The summed E-state index contributed by atoms with van der Waals surface area (Å²) in [6, 6.07) is 3.10. The number of piperidine rings is 1. The summed E-state index contributed by atoms with van der Waals surface area (Å²) < 4.78 is 5.35. The van der Waals surface area contributed by atoms with Gasteiger partial charge in [0.05, 0.1) is 6.61 Å². The molecule has 2 fully saturated rings. The van der Waals surface area contributed by atoms with Gasteiger partial charge in [-0.2, -0.15) is 5.26 Å². The first-order chi connectivity index (χ1) is 12.5. The topological polar surface area (TPSA) is 84.9 Å². The van der Waals surface area contributed by atoms with Crippen LogP contribution in [0.2, 0.25) is 0 Å². The van der Waals surface area contributed by atoms with Crippen LogP contribution in [0.25, 0.3) is 0 Å². The second-order valence-electron chi connectivity index (χ2n) is 7.36. The van der Waals surface area contributed by atoms with Crippen molar-refractivity contribution < 1.29 is 9.57 Å². The minimum atomic E-state index is 0.00259. The third-order valence-electron chi connectivity index (χ3n) is 5.17. The van der Waals surface area contributed by atoms with Crippen LogP contribution in [-0.4, -0.2) is 66.5 Å². The van der Waals surface area contributed by atoms with E-state index in [1.54, 1.807) is 0 Å². The van der Waals surface area contributed by atoms with Gasteiger partial charge in [-0.05, 0) is 66.0 Å². The molecule has 7 heteroatoms. The highest BCUT2D eigenvalue weighted by atomic mass is 16.6. The fourth-order valence-electron chi connectivity index (χ4n) is 3.76. The van der Waals surface area contributed by atoms with Crippen molar-refractivity contribution >= 4 is 11.7 Å². The van der Waals surface area contributed by atoms with E-state index >= 15 is 0 Å². The first kappa shape index (κ1) is 20.5. The van der Waals surface area contributed by atoms with Crippen LogP contribution in [0.4, 0.5) is 0 Å². The Balaban J connectivity index is 1.83. The number of amidine groups is 1. The quantitative estimate of drug-likeness (QED) is 0.461. The minimum Gasteiger partial charge on any atom is -0.466 e. The zero-order valence-corrected chi connectivity index (χ0v) is 16.4. The Morgan fingerprint density at radius 3 is 2.54 bits per heavy atom. The number of hydrogen-bond acceptors (Lipinski definition) is 6. The summed E-state index contributed by atoms with van der Waals surface area (Å²) in [5, 5.41) is 21.4. The lowest BCUT2D eigenvalue weighted by molar-refractivity contribution is 0.0830. The maximum absolute atomic E-state index is 9.36. The van der Waals surface area contributed by atoms with E-state index in [1.807, 2.05) is 20.8 Å². The lowest BCUT2D eigenvalue weighted by Crippen LogP contribution is -2.43. The van der Waals surface area contributed by atoms with Gasteiger partial charge in [-0.25, -0.2) is 0 Å². The molecule has 2 aliphatic heterocycles. The average Bonchev–Trinajstić information content (AvgIpc) is 2.89. The number of nitrogens with zero attached hydrogens (tertiary/aromatic N) is 4. The first-order valence-electron chi connectivity index (χ1n) is 9.89. The number of nitriles is 1. The fourth-order valence-corrected chi connectivity index (χ4v) is 3.76. The zero-order valence-electron chi connectivity index (χ0n) is 16.4. The molecular formula is C19H33N5O2. The van der Waals surface area contributed by atoms with Crippen molar-refractivity contribution in [3.05, 3.63) is 0 Å². The molecule has 26 heavy (non-hydrogen) atoms. The second-order valence-corrected chi connectivity index (χ2v) is 7.36. The zero-order chi connectivity index (χ0) is 18.9. The molecule has 0 spiro atoms. The van der Waals surface area contributed by atoms with E-state index in [-0.39, 0.29) is 12.0 Å². The Bertz CT molecular complexity index is 521. The average molecular weight is 364 g/mol. The van der Waals surface area contributed by atoms with Gasteiger partial charge in [0.15, 0.2) is 5.71 Å². The highest BCUT2D eigenvalue weighted by Gasteiger charge is 2.29. The van der Waals surface area contributed by atoms with Crippen LogP contribution in [0.1, 0.15) is 52.9 Å². The van der Waals surface area contributed by atoms with Crippen molar-refractivity contribution in [2.75, 3.05) is 32.8 Å². The molecule has 0 bridgehead atoms. The van der Waals surface area contributed by atoms with Gasteiger partial charge < -0.3 is 19.4 Å². The molecule has 0 radical (unpaired) electrons. The summed E-state index contributed by atoms with van der Waals surface area (Å²) in [6.45, 7) is 10.1. The lowest BCUT2D eigenvalue weighted by atomic mass is 9.91. The molecular weight excluding hydrogens is 330 g/mol. The number of ether oxygens (including phenoxy) is 1. The highest BCUT2D eigenvalue weighted by Crippen LogP contribution is 2.25. The predicted octanol–water partition coefficient (Wildman–Crippen LogP) is 2.83. The Morgan fingerprint density at radius 1 is 1.19 bits per heavy atom. The number of likely N-dealkylation sites (tertiary alicyclic amines) is 2. The number of oxime groups is 1. The van der Waals surface area contributed by atoms with Crippen LogP contribution < -0.4 is 0 Å². The summed E-state index contributed by atoms with van der Waals surface area (Å²) in [5.41, 5.74) is 0.538. The molecule has 1 unspecified atom stereocenters. The summed E-state index contributed by atoms with van der Waals surface area (Å²) in [7, 11) is 0. The summed E-state index contributed by atoms with van der Waals surface area (Å²) in [4.78, 5) is 9.89. The molecule has 2 rings (SSSR count). The largest absolute Gasteiger partial charge is 0.466 e. The summed E-state index contributed by atoms with van der Waals surface area (Å²) in [6.07, 6.45) is 5.24. The Morgan fingerprint density at radius 2 is 1.92 bits per heavy atom. The van der Waals surface area contributed by atoms with Gasteiger partial charge in [-0.15, -0.1) is 0 Å². The number of rotatable bonds is 5. The molecule has 1 N–H and O–H groups in total. The van der Waals surface area contributed by atoms with Crippen LogP contribution in [0, 0.1) is 22.7 Å². The van der Waals surface area contributed by atoms with Crippen molar-refractivity contribution in [1.29, 1.82) is 10.7 Å². The standard InChI is InChI=1S/C19H33N5O2/c1-4-25-19(21)24-10-5-6-17(9-13-24)23-11-7-16(8-12-23)18(14-20)22-26-15(2)3/h15-17,21H,4-13H2,1-3H3/b21-19?,22-18+. The van der Waals surface area contributed by atoms with Crippen molar-refractivity contribution in [1.82, 2.24) is 9.80 Å². The van der Waals surface area contributed by atoms with E-state index in [2.05, 4.69) is 21.0 Å². The molecule has 0 aromatic carbocycles. The minimum absolute atomic E-state index is 0.00259. The first-order valence-corrected chi connectivity index (χ1v) is 9.89. The number of hydrogen-bond donors (Lipinski definition) is 1. The molecule has 0 saturated carbocycles. The molecule has 0 aliphatic carbocycles. The van der Waals surface area contributed by atoms with E-state index in [4.69, 9.17) is 15.0 Å². The molecule has 146 valence electrons. The third-order valence-corrected chi connectivity index (χ3v) is 5.17. The van der Waals surface area contributed by atoms with E-state index < -0.39 is 0 Å². The Kier molecular flexibility index (Phi) is 8.17. The van der Waals surface area contributed by atoms with Crippen LogP contribution in [-0.2, 0) is 9.57 Å².